The van der Waals surface area contributed by atoms with Crippen LogP contribution in [0.3, 0.4) is 0 Å². The first-order chi connectivity index (χ1) is 25.1. The molecule has 6 atom stereocenters. The van der Waals surface area contributed by atoms with Gasteiger partial charge in [0, 0.05) is 13.1 Å². The van der Waals surface area contributed by atoms with Gasteiger partial charge in [0.1, 0.15) is 0 Å². The maximum atomic E-state index is 14.4. The Bertz CT molecular complexity index is 1310. The number of carbonyl (C=O) groups is 6. The number of rotatable bonds is 25. The second-order valence-electron chi connectivity index (χ2n) is 18.5. The van der Waals surface area contributed by atoms with E-state index in [1.807, 2.05) is 39.8 Å². The van der Waals surface area contributed by atoms with E-state index >= 15 is 0 Å². The minimum atomic E-state index is -1.10. The zero-order chi connectivity index (χ0) is 41.2. The highest BCUT2D eigenvalue weighted by atomic mass is 16.5. The van der Waals surface area contributed by atoms with Gasteiger partial charge < -0.3 is 14.7 Å². The van der Waals surface area contributed by atoms with Gasteiger partial charge in [0.15, 0.2) is 0 Å². The molecule has 1 N–H and O–H groups in total. The molecule has 2 aliphatic rings. The highest BCUT2D eigenvalue weighted by molar-refractivity contribution is 6.06. The second kappa shape index (κ2) is 20.4. The molecule has 0 radical (unpaired) electrons. The van der Waals surface area contributed by atoms with Gasteiger partial charge in [-0.1, -0.05) is 101 Å². The van der Waals surface area contributed by atoms with Crippen molar-refractivity contribution in [3.8, 4) is 0 Å². The van der Waals surface area contributed by atoms with Gasteiger partial charge in [-0.25, -0.2) is 0 Å². The van der Waals surface area contributed by atoms with Crippen LogP contribution >= 0.6 is 0 Å². The standard InChI is InChI=1S/C43H75N3O8/c1-13-16-17-18-19-20-27-45-36(48)31(22-24-42(7,8)32(39(51)52)29(4)40(53)54-15-3)34(38(45)50)43(9,10)25-23-30-33(41(5,6)14-2)37(49)46(35(30)47)28-21-26-44(11)12/h29-34H,13-28H2,1-12H3,(H,51,52). The van der Waals surface area contributed by atoms with E-state index in [0.717, 1.165) is 51.5 Å². The number of ether oxygens (including phenoxy) is 1. The number of unbranched alkanes of at least 4 members (excludes halogenated alkanes) is 5. The Morgan fingerprint density at radius 3 is 1.69 bits per heavy atom. The molecular formula is C43H75N3O8. The van der Waals surface area contributed by atoms with E-state index in [2.05, 4.69) is 20.8 Å². The van der Waals surface area contributed by atoms with Crippen LogP contribution in [0.1, 0.15) is 146 Å². The first-order valence-electron chi connectivity index (χ1n) is 20.9. The number of carbonyl (C=O) groups excluding carboxylic acids is 5. The summed E-state index contributed by atoms with van der Waals surface area (Å²) >= 11 is 0. The minimum Gasteiger partial charge on any atom is -0.481 e. The van der Waals surface area contributed by atoms with E-state index in [9.17, 15) is 33.9 Å². The van der Waals surface area contributed by atoms with Crippen molar-refractivity contribution in [2.24, 2.45) is 51.8 Å². The van der Waals surface area contributed by atoms with E-state index < -0.39 is 63.7 Å². The Kier molecular flexibility index (Phi) is 17.9. The molecule has 310 valence electrons. The first-order valence-corrected chi connectivity index (χ1v) is 20.9. The molecule has 4 amide bonds. The van der Waals surface area contributed by atoms with Gasteiger partial charge in [0.2, 0.25) is 23.6 Å². The topological polar surface area (TPSA) is 142 Å². The molecular weight excluding hydrogens is 686 g/mol. The lowest BCUT2D eigenvalue weighted by Crippen LogP contribution is -2.41. The van der Waals surface area contributed by atoms with Crippen molar-refractivity contribution in [1.82, 2.24) is 14.7 Å². The fourth-order valence-electron chi connectivity index (χ4n) is 9.18. The minimum absolute atomic E-state index is 0.115. The van der Waals surface area contributed by atoms with Crippen LogP contribution in [0.25, 0.3) is 0 Å². The first kappa shape index (κ1) is 47.3. The average molecular weight is 762 g/mol. The van der Waals surface area contributed by atoms with E-state index in [1.165, 1.54) is 9.80 Å². The molecule has 0 aromatic heterocycles. The van der Waals surface area contributed by atoms with Crippen LogP contribution in [-0.4, -0.2) is 95.7 Å². The third-order valence-electron chi connectivity index (χ3n) is 12.8. The molecule has 6 unspecified atom stereocenters. The Labute approximate surface area is 326 Å². The number of likely N-dealkylation sites (tertiary alicyclic amines) is 2. The number of hydrogen-bond donors (Lipinski definition) is 1. The molecule has 0 aromatic rings. The Morgan fingerprint density at radius 1 is 0.722 bits per heavy atom. The fourth-order valence-corrected chi connectivity index (χ4v) is 9.18. The number of imide groups is 2. The van der Waals surface area contributed by atoms with Crippen LogP contribution in [-0.2, 0) is 33.5 Å². The van der Waals surface area contributed by atoms with Gasteiger partial charge in [-0.05, 0) is 82.3 Å². The van der Waals surface area contributed by atoms with Crippen molar-refractivity contribution in [2.75, 3.05) is 40.3 Å². The van der Waals surface area contributed by atoms with E-state index in [0.29, 0.717) is 38.8 Å². The van der Waals surface area contributed by atoms with Crippen LogP contribution < -0.4 is 0 Å². The van der Waals surface area contributed by atoms with Crippen LogP contribution in [0.4, 0.5) is 0 Å². The van der Waals surface area contributed by atoms with Gasteiger partial charge in [-0.2, -0.15) is 0 Å². The summed E-state index contributed by atoms with van der Waals surface area (Å²) in [5.74, 6) is -6.66. The number of carboxylic acid groups (broad SMARTS) is 1. The number of aliphatic carboxylic acids is 1. The Hall–Kier alpha value is -2.82. The van der Waals surface area contributed by atoms with E-state index in [1.54, 1.807) is 27.7 Å². The van der Waals surface area contributed by atoms with Gasteiger partial charge in [0.05, 0.1) is 42.1 Å². The third-order valence-corrected chi connectivity index (χ3v) is 12.8. The quantitative estimate of drug-likeness (QED) is 0.0571. The molecule has 11 heteroatoms. The lowest BCUT2D eigenvalue weighted by atomic mass is 9.64. The maximum absolute atomic E-state index is 14.4. The predicted octanol–water partition coefficient (Wildman–Crippen LogP) is 7.45. The zero-order valence-corrected chi connectivity index (χ0v) is 35.9. The smallest absolute Gasteiger partial charge is 0.309 e. The fraction of sp³-hybridized carbons (Fsp3) is 0.860. The largest absolute Gasteiger partial charge is 0.481 e. The molecule has 0 bridgehead atoms. The lowest BCUT2D eigenvalue weighted by molar-refractivity contribution is -0.161. The van der Waals surface area contributed by atoms with Crippen molar-refractivity contribution < 1.29 is 38.6 Å². The van der Waals surface area contributed by atoms with Crippen molar-refractivity contribution >= 4 is 35.6 Å². The van der Waals surface area contributed by atoms with Crippen molar-refractivity contribution in [2.45, 2.75) is 146 Å². The molecule has 0 spiro atoms. The second-order valence-corrected chi connectivity index (χ2v) is 18.5. The van der Waals surface area contributed by atoms with Crippen LogP contribution in [0, 0.1) is 51.8 Å². The Balaban J connectivity index is 2.43. The zero-order valence-electron chi connectivity index (χ0n) is 35.9. The summed E-state index contributed by atoms with van der Waals surface area (Å²) in [4.78, 5) is 86.8. The van der Waals surface area contributed by atoms with Crippen molar-refractivity contribution in [1.29, 1.82) is 0 Å². The normalized spacial score (nSPS) is 22.5. The summed E-state index contributed by atoms with van der Waals surface area (Å²) in [5, 5.41) is 10.3. The molecule has 0 saturated carbocycles. The number of nitrogens with zero attached hydrogens (tertiary/aromatic N) is 3. The van der Waals surface area contributed by atoms with E-state index in [4.69, 9.17) is 4.74 Å². The molecule has 2 heterocycles. The molecule has 2 rings (SSSR count). The molecule has 54 heavy (non-hydrogen) atoms. The van der Waals surface area contributed by atoms with Gasteiger partial charge in [-0.3, -0.25) is 38.6 Å². The monoisotopic (exact) mass is 762 g/mol. The third kappa shape index (κ3) is 11.6. The SMILES string of the molecule is CCCCCCCCN1C(=O)C(CCC(C)(C)C(C(=O)O)C(C)C(=O)OCC)C(C(C)(C)CCC2C(=O)N(CCCN(C)C)C(=O)C2C(C)(C)CC)C1=O. The molecule has 2 saturated heterocycles. The predicted molar refractivity (Wildman–Crippen MR) is 211 cm³/mol. The molecule has 11 nitrogen and oxygen atoms in total. The summed E-state index contributed by atoms with van der Waals surface area (Å²) in [7, 11) is 3.93. The van der Waals surface area contributed by atoms with Crippen LogP contribution in [0.5, 0.6) is 0 Å². The highest BCUT2D eigenvalue weighted by Gasteiger charge is 2.56. The van der Waals surface area contributed by atoms with Gasteiger partial charge in [-0.15, -0.1) is 0 Å². The lowest BCUT2D eigenvalue weighted by Gasteiger charge is -2.38. The van der Waals surface area contributed by atoms with Crippen molar-refractivity contribution in [3.05, 3.63) is 0 Å². The van der Waals surface area contributed by atoms with Crippen LogP contribution in [0.2, 0.25) is 0 Å². The Morgan fingerprint density at radius 2 is 1.20 bits per heavy atom. The summed E-state index contributed by atoms with van der Waals surface area (Å²) in [6.07, 6.45) is 8.98. The summed E-state index contributed by atoms with van der Waals surface area (Å²) in [6, 6.07) is 0. The summed E-state index contributed by atoms with van der Waals surface area (Å²) in [6.45, 7) is 20.8. The van der Waals surface area contributed by atoms with Crippen molar-refractivity contribution in [3.63, 3.8) is 0 Å². The summed E-state index contributed by atoms with van der Waals surface area (Å²) in [5.41, 5.74) is -2.00. The number of hydrogen-bond acceptors (Lipinski definition) is 8. The molecule has 2 fully saturated rings. The number of carboxylic acids is 1. The maximum Gasteiger partial charge on any atom is 0.309 e. The average Bonchev–Trinajstić information content (AvgIpc) is 3.47. The molecule has 0 aliphatic carbocycles. The number of amides is 4. The molecule has 0 aromatic carbocycles. The molecule has 2 aliphatic heterocycles. The summed E-state index contributed by atoms with van der Waals surface area (Å²) < 4.78 is 5.18. The van der Waals surface area contributed by atoms with Gasteiger partial charge >= 0.3 is 11.9 Å². The van der Waals surface area contributed by atoms with Crippen LogP contribution in [0.15, 0.2) is 0 Å². The van der Waals surface area contributed by atoms with Gasteiger partial charge in [0.25, 0.3) is 0 Å². The van der Waals surface area contributed by atoms with E-state index in [-0.39, 0.29) is 36.7 Å². The highest BCUT2D eigenvalue weighted by Crippen LogP contribution is 2.50. The number of esters is 1.